The summed E-state index contributed by atoms with van der Waals surface area (Å²) in [5, 5.41) is 0. The number of nitrogens with zero attached hydrogens (tertiary/aromatic N) is 2. The fraction of sp³-hybridized carbons (Fsp3) is 0.600. The van der Waals surface area contributed by atoms with E-state index in [1.165, 1.54) is 30.6 Å². The Morgan fingerprint density at radius 3 is 2.56 bits per heavy atom. The van der Waals surface area contributed by atoms with Crippen molar-refractivity contribution in [1.29, 1.82) is 0 Å². The van der Waals surface area contributed by atoms with Crippen LogP contribution in [0.5, 0.6) is 0 Å². The molecule has 1 atom stereocenters. The maximum atomic E-state index is 5.65. The topological polar surface area (TPSA) is 32.5 Å². The molecule has 1 aromatic rings. The van der Waals surface area contributed by atoms with Gasteiger partial charge in [0.15, 0.2) is 0 Å². The molecule has 1 aromatic carbocycles. The zero-order valence-electron chi connectivity index (χ0n) is 11.6. The van der Waals surface area contributed by atoms with Gasteiger partial charge in [-0.3, -0.25) is 0 Å². The van der Waals surface area contributed by atoms with Gasteiger partial charge in [-0.25, -0.2) is 0 Å². The molecular weight excluding hydrogens is 222 g/mol. The number of hydrogen-bond acceptors (Lipinski definition) is 3. The highest BCUT2D eigenvalue weighted by Gasteiger charge is 2.21. The van der Waals surface area contributed by atoms with Crippen molar-refractivity contribution in [3.8, 4) is 0 Å². The standard InChI is InChI=1S/C15H25N3/c1-3-14-12-17(2)9-4-10-18(14)15-7-5-13(11-16)6-8-15/h5-8,14H,3-4,9-12,16H2,1-2H3. The van der Waals surface area contributed by atoms with Crippen LogP contribution in [0.15, 0.2) is 24.3 Å². The highest BCUT2D eigenvalue weighted by atomic mass is 15.2. The number of benzene rings is 1. The van der Waals surface area contributed by atoms with Crippen LogP contribution < -0.4 is 10.6 Å². The van der Waals surface area contributed by atoms with E-state index < -0.39 is 0 Å². The number of likely N-dealkylation sites (N-methyl/N-ethyl adjacent to an activating group) is 1. The van der Waals surface area contributed by atoms with Crippen LogP contribution in [0.4, 0.5) is 5.69 Å². The summed E-state index contributed by atoms with van der Waals surface area (Å²) in [5.74, 6) is 0. The molecule has 0 spiro atoms. The molecule has 0 bridgehead atoms. The van der Waals surface area contributed by atoms with Gasteiger partial charge in [0.25, 0.3) is 0 Å². The number of anilines is 1. The molecule has 2 N–H and O–H groups in total. The molecule has 1 unspecified atom stereocenters. The molecular formula is C15H25N3. The Balaban J connectivity index is 2.17. The van der Waals surface area contributed by atoms with Gasteiger partial charge in [0, 0.05) is 31.4 Å². The summed E-state index contributed by atoms with van der Waals surface area (Å²) in [4.78, 5) is 5.01. The minimum absolute atomic E-state index is 0.625. The lowest BCUT2D eigenvalue weighted by atomic mass is 10.1. The molecule has 100 valence electrons. The molecule has 0 saturated carbocycles. The van der Waals surface area contributed by atoms with Gasteiger partial charge >= 0.3 is 0 Å². The Hall–Kier alpha value is -1.06. The zero-order valence-corrected chi connectivity index (χ0v) is 11.6. The first-order valence-electron chi connectivity index (χ1n) is 6.98. The maximum Gasteiger partial charge on any atom is 0.0414 e. The Morgan fingerprint density at radius 2 is 1.94 bits per heavy atom. The van der Waals surface area contributed by atoms with Crippen molar-refractivity contribution in [3.05, 3.63) is 29.8 Å². The van der Waals surface area contributed by atoms with Crippen LogP contribution in [0.1, 0.15) is 25.3 Å². The van der Waals surface area contributed by atoms with Crippen LogP contribution in [-0.2, 0) is 6.54 Å². The van der Waals surface area contributed by atoms with Crippen LogP contribution in [0.3, 0.4) is 0 Å². The quantitative estimate of drug-likeness (QED) is 0.887. The molecule has 0 aliphatic carbocycles. The van der Waals surface area contributed by atoms with E-state index in [4.69, 9.17) is 5.73 Å². The van der Waals surface area contributed by atoms with Gasteiger partial charge in [0.05, 0.1) is 0 Å². The van der Waals surface area contributed by atoms with Gasteiger partial charge in [0.1, 0.15) is 0 Å². The summed E-state index contributed by atoms with van der Waals surface area (Å²) in [6, 6.07) is 9.36. The van der Waals surface area contributed by atoms with E-state index in [0.29, 0.717) is 12.6 Å². The van der Waals surface area contributed by atoms with Crippen LogP contribution in [0, 0.1) is 0 Å². The van der Waals surface area contributed by atoms with Crippen LogP contribution in [0.25, 0.3) is 0 Å². The Morgan fingerprint density at radius 1 is 1.22 bits per heavy atom. The van der Waals surface area contributed by atoms with Crippen molar-refractivity contribution in [2.24, 2.45) is 5.73 Å². The smallest absolute Gasteiger partial charge is 0.0414 e. The van der Waals surface area contributed by atoms with Gasteiger partial charge in [-0.15, -0.1) is 0 Å². The highest BCUT2D eigenvalue weighted by molar-refractivity contribution is 5.49. The molecule has 0 radical (unpaired) electrons. The molecule has 18 heavy (non-hydrogen) atoms. The molecule has 0 amide bonds. The molecule has 0 aromatic heterocycles. The first-order chi connectivity index (χ1) is 8.74. The molecule has 1 heterocycles. The van der Waals surface area contributed by atoms with E-state index in [2.05, 4.69) is 48.0 Å². The molecule has 2 rings (SSSR count). The SMILES string of the molecule is CCC1CN(C)CCCN1c1ccc(CN)cc1. The van der Waals surface area contributed by atoms with E-state index in [-0.39, 0.29) is 0 Å². The highest BCUT2D eigenvalue weighted by Crippen LogP contribution is 2.22. The zero-order chi connectivity index (χ0) is 13.0. The van der Waals surface area contributed by atoms with Crippen LogP contribution in [-0.4, -0.2) is 37.6 Å². The number of nitrogens with two attached hydrogens (primary N) is 1. The van der Waals surface area contributed by atoms with E-state index in [9.17, 15) is 0 Å². The minimum atomic E-state index is 0.625. The average Bonchev–Trinajstić information content (AvgIpc) is 2.60. The van der Waals surface area contributed by atoms with Crippen molar-refractivity contribution in [3.63, 3.8) is 0 Å². The summed E-state index contributed by atoms with van der Waals surface area (Å²) in [5.41, 5.74) is 8.20. The molecule has 1 aliphatic rings. The normalized spacial score (nSPS) is 21.9. The first kappa shape index (κ1) is 13.4. The average molecular weight is 247 g/mol. The van der Waals surface area contributed by atoms with E-state index >= 15 is 0 Å². The third-order valence-electron chi connectivity index (χ3n) is 3.88. The minimum Gasteiger partial charge on any atom is -0.367 e. The molecule has 3 nitrogen and oxygen atoms in total. The summed E-state index contributed by atoms with van der Waals surface area (Å²) in [6.45, 7) is 6.43. The second-order valence-electron chi connectivity index (χ2n) is 5.24. The van der Waals surface area contributed by atoms with Gasteiger partial charge < -0.3 is 15.5 Å². The Labute approximate surface area is 111 Å². The molecule has 1 saturated heterocycles. The van der Waals surface area contributed by atoms with Gasteiger partial charge in [0.2, 0.25) is 0 Å². The molecule has 1 aliphatic heterocycles. The summed E-state index contributed by atoms with van der Waals surface area (Å²) in [7, 11) is 2.23. The lowest BCUT2D eigenvalue weighted by Gasteiger charge is -2.32. The van der Waals surface area contributed by atoms with Crippen molar-refractivity contribution < 1.29 is 0 Å². The molecule has 1 fully saturated rings. The Bertz CT molecular complexity index is 361. The summed E-state index contributed by atoms with van der Waals surface area (Å²) < 4.78 is 0. The number of hydrogen-bond donors (Lipinski definition) is 1. The second-order valence-corrected chi connectivity index (χ2v) is 5.24. The fourth-order valence-corrected chi connectivity index (χ4v) is 2.76. The first-order valence-corrected chi connectivity index (χ1v) is 6.98. The summed E-state index contributed by atoms with van der Waals surface area (Å²) in [6.07, 6.45) is 2.44. The van der Waals surface area contributed by atoms with Crippen molar-refractivity contribution in [2.75, 3.05) is 31.6 Å². The molecule has 3 heteroatoms. The van der Waals surface area contributed by atoms with E-state index in [1.54, 1.807) is 0 Å². The predicted octanol–water partition coefficient (Wildman–Crippen LogP) is 2.07. The third kappa shape index (κ3) is 3.03. The lowest BCUT2D eigenvalue weighted by Crippen LogP contribution is -2.39. The monoisotopic (exact) mass is 247 g/mol. The van der Waals surface area contributed by atoms with E-state index in [0.717, 1.165) is 13.1 Å². The van der Waals surface area contributed by atoms with Gasteiger partial charge in [-0.1, -0.05) is 19.1 Å². The van der Waals surface area contributed by atoms with Gasteiger partial charge in [-0.2, -0.15) is 0 Å². The predicted molar refractivity (Wildman–Crippen MR) is 77.9 cm³/mol. The second kappa shape index (κ2) is 6.21. The van der Waals surface area contributed by atoms with Crippen molar-refractivity contribution in [2.45, 2.75) is 32.4 Å². The Kier molecular flexibility index (Phi) is 4.61. The van der Waals surface area contributed by atoms with Crippen LogP contribution in [0.2, 0.25) is 0 Å². The van der Waals surface area contributed by atoms with Gasteiger partial charge in [-0.05, 0) is 44.1 Å². The van der Waals surface area contributed by atoms with Crippen molar-refractivity contribution >= 4 is 5.69 Å². The fourth-order valence-electron chi connectivity index (χ4n) is 2.76. The van der Waals surface area contributed by atoms with E-state index in [1.807, 2.05) is 0 Å². The lowest BCUT2D eigenvalue weighted by molar-refractivity contribution is 0.328. The largest absolute Gasteiger partial charge is 0.367 e. The van der Waals surface area contributed by atoms with Crippen molar-refractivity contribution in [1.82, 2.24) is 4.90 Å². The maximum absolute atomic E-state index is 5.65. The number of rotatable bonds is 3. The van der Waals surface area contributed by atoms with Crippen LogP contribution >= 0.6 is 0 Å². The summed E-state index contributed by atoms with van der Waals surface area (Å²) >= 11 is 0. The third-order valence-corrected chi connectivity index (χ3v) is 3.88.